The van der Waals surface area contributed by atoms with E-state index in [2.05, 4.69) is 5.32 Å². The molecule has 8 aromatic rings. The Bertz CT molecular complexity index is 4040. The Morgan fingerprint density at radius 3 is 1.16 bits per heavy atom. The molecule has 0 heterocycles. The minimum Gasteiger partial charge on any atom is -0.398 e. The van der Waals surface area contributed by atoms with Crippen LogP contribution in [0.2, 0.25) is 40.2 Å². The lowest BCUT2D eigenvalue weighted by Crippen LogP contribution is -2.39. The predicted octanol–water partition coefficient (Wildman–Crippen LogP) is 19.9. The maximum atomic E-state index is 15.9. The van der Waals surface area contributed by atoms with Gasteiger partial charge in [0.25, 0.3) is 22.5 Å². The van der Waals surface area contributed by atoms with Gasteiger partial charge in [-0.2, -0.15) is 36.9 Å². The number of halogens is 19. The van der Waals surface area contributed by atoms with Crippen LogP contribution in [0.1, 0.15) is 85.9 Å². The van der Waals surface area contributed by atoms with Crippen LogP contribution < -0.4 is 11.1 Å². The van der Waals surface area contributed by atoms with Gasteiger partial charge >= 0.3 is 12.4 Å². The van der Waals surface area contributed by atoms with Crippen LogP contribution in [0.5, 0.6) is 0 Å². The average Bonchev–Trinajstić information content (AvgIpc) is 0.783. The SMILES string of the molecule is N#Cc1ccc(C(=O)Cc2c(Cl)cc(C(F)(c3ccc(Cl)cc3)C(F)(F)F)cc2Cl)cc1N.N#Cc1ccc(C(=O)Cc2c(Cl)cc(C(F)(c3ccc(Cl)cc3)C(F)(F)F)cc2Cl)cc1NC(=O)c1ccc(F)cc1Cl.O=C(Cl)c1ccc(F)cc1Cl. The summed E-state index contributed by atoms with van der Waals surface area (Å²) in [6.07, 6.45) is -11.7. The smallest absolute Gasteiger partial charge is 0.398 e. The van der Waals surface area contributed by atoms with Crippen molar-refractivity contribution in [3.8, 4) is 12.1 Å². The zero-order chi connectivity index (χ0) is 64.7. The second-order valence-electron chi connectivity index (χ2n) is 18.1. The first-order valence-corrected chi connectivity index (χ1v) is 27.4. The molecule has 0 radical (unpaired) electrons. The van der Waals surface area contributed by atoms with Crippen molar-refractivity contribution in [3.05, 3.63) is 264 Å². The molecule has 0 bridgehead atoms. The largest absolute Gasteiger partial charge is 0.431 e. The lowest BCUT2D eigenvalue weighted by atomic mass is 9.86. The lowest BCUT2D eigenvalue weighted by molar-refractivity contribution is -0.219. The second kappa shape index (κ2) is 28.4. The number of hydrogen-bond donors (Lipinski definition) is 2. The number of ketones is 2. The minimum atomic E-state index is -5.41. The molecule has 0 aromatic heterocycles. The van der Waals surface area contributed by atoms with Crippen LogP contribution >= 0.6 is 104 Å². The van der Waals surface area contributed by atoms with Gasteiger partial charge in [-0.25, -0.2) is 17.6 Å². The molecule has 8 rings (SSSR count). The van der Waals surface area contributed by atoms with Gasteiger partial charge in [0, 0.05) is 76.4 Å². The van der Waals surface area contributed by atoms with Crippen molar-refractivity contribution in [3.63, 3.8) is 0 Å². The standard InChI is InChI=1S/C30H15Cl4F5N2O2.C23H13Cl3F4N2O.C7H3Cl2FO/c31-19-5-3-17(4-6-19)29(36,30(37,38)39)18-10-23(32)22(24(33)11-18)13-27(42)15-1-2-16(14-40)26(9-15)41-28(43)21-8-7-20(35)12-25(21)34;24-16-5-3-14(4-6-16)22(27,23(28,29)30)15-8-18(25)17(19(26)9-15)10-21(33)12-1-2-13(11-31)20(32)7-12;8-6-3-4(10)1-2-5(6)7(9)11/h1-12H,13H2,(H,41,43);1-9H,10,32H2;1-3H. The first-order valence-electron chi connectivity index (χ1n) is 24.0. The van der Waals surface area contributed by atoms with Crippen LogP contribution in [0.3, 0.4) is 0 Å². The molecule has 0 saturated heterocycles. The van der Waals surface area contributed by atoms with Crippen molar-refractivity contribution >= 4 is 138 Å². The van der Waals surface area contributed by atoms with E-state index >= 15 is 8.78 Å². The van der Waals surface area contributed by atoms with Crippen LogP contribution in [0.15, 0.2) is 146 Å². The second-order valence-corrected chi connectivity index (χ2v) is 21.8. The molecule has 27 heteroatoms. The number of hydrogen-bond acceptors (Lipinski definition) is 7. The number of anilines is 2. The number of nitrogens with two attached hydrogens (primary N) is 1. The fraction of sp³-hybridized carbons (Fsp3) is 0.100. The highest BCUT2D eigenvalue weighted by Crippen LogP contribution is 2.51. The molecule has 3 N–H and O–H groups in total. The molecule has 0 fully saturated rings. The monoisotopic (exact) mass is 1380 g/mol. The third kappa shape index (κ3) is 16.0. The number of benzene rings is 8. The molecule has 0 aliphatic heterocycles. The first-order chi connectivity index (χ1) is 40.6. The summed E-state index contributed by atoms with van der Waals surface area (Å²) in [5, 5.41) is 18.8. The van der Waals surface area contributed by atoms with Gasteiger partial charge in [0.15, 0.2) is 11.6 Å². The summed E-state index contributed by atoms with van der Waals surface area (Å²) in [6.45, 7) is 0. The van der Waals surface area contributed by atoms with E-state index in [1.807, 2.05) is 12.1 Å². The van der Waals surface area contributed by atoms with Gasteiger partial charge in [-0.15, -0.1) is 0 Å². The van der Waals surface area contributed by atoms with Crippen molar-refractivity contribution in [2.45, 2.75) is 36.5 Å². The Labute approximate surface area is 532 Å². The van der Waals surface area contributed by atoms with E-state index in [4.69, 9.17) is 115 Å². The Kier molecular flexibility index (Phi) is 22.5. The van der Waals surface area contributed by atoms with Crippen LogP contribution in [0.4, 0.5) is 55.3 Å². The third-order valence-electron chi connectivity index (χ3n) is 12.5. The van der Waals surface area contributed by atoms with Gasteiger partial charge in [-0.1, -0.05) is 117 Å². The van der Waals surface area contributed by atoms with E-state index in [9.17, 15) is 59.6 Å². The van der Waals surface area contributed by atoms with Gasteiger partial charge in [-0.05, 0) is 144 Å². The van der Waals surface area contributed by atoms with Gasteiger partial charge in [-0.3, -0.25) is 19.2 Å². The normalized spacial score (nSPS) is 12.6. The van der Waals surface area contributed by atoms with Crippen LogP contribution in [0, 0.1) is 34.3 Å². The fourth-order valence-electron chi connectivity index (χ4n) is 8.08. The molecule has 0 aliphatic carbocycles. The number of nitriles is 2. The number of Topliss-reactive ketones (excluding diaryl/α,β-unsaturated/α-hetero) is 2. The van der Waals surface area contributed by atoms with E-state index in [0.717, 1.165) is 103 Å². The molecule has 0 saturated carbocycles. The van der Waals surface area contributed by atoms with Crippen molar-refractivity contribution in [2.24, 2.45) is 0 Å². The molecule has 0 aliphatic rings. The van der Waals surface area contributed by atoms with Crippen LogP contribution in [-0.2, 0) is 24.2 Å². The maximum absolute atomic E-state index is 15.9. The number of rotatable bonds is 13. The lowest BCUT2D eigenvalue weighted by Gasteiger charge is -2.29. The van der Waals surface area contributed by atoms with E-state index in [0.29, 0.717) is 0 Å². The van der Waals surface area contributed by atoms with Crippen LogP contribution in [-0.4, -0.2) is 35.1 Å². The summed E-state index contributed by atoms with van der Waals surface area (Å²) in [7, 11) is 0. The number of nitrogens with one attached hydrogen (secondary N) is 1. The highest BCUT2D eigenvalue weighted by molar-refractivity contribution is 6.68. The quantitative estimate of drug-likeness (QED) is 0.0504. The molecule has 87 heavy (non-hydrogen) atoms. The Hall–Kier alpha value is -7.07. The minimum absolute atomic E-state index is 0.0165. The zero-order valence-electron chi connectivity index (χ0n) is 43.1. The molecule has 8 aromatic carbocycles. The Morgan fingerprint density at radius 1 is 0.448 bits per heavy atom. The molecule has 2 atom stereocenters. The number of carbonyl (C=O) groups excluding carboxylic acids is 4. The molecule has 1 amide bonds. The molecular formula is C60H31Cl9F10N4O4. The van der Waals surface area contributed by atoms with E-state index in [-0.39, 0.29) is 92.4 Å². The van der Waals surface area contributed by atoms with Gasteiger partial charge in [0.05, 0.1) is 43.7 Å². The van der Waals surface area contributed by atoms with Crippen molar-refractivity contribution < 1.29 is 63.1 Å². The van der Waals surface area contributed by atoms with Crippen molar-refractivity contribution in [1.82, 2.24) is 0 Å². The summed E-state index contributed by atoms with van der Waals surface area (Å²) in [4.78, 5) is 49.1. The van der Waals surface area contributed by atoms with Crippen LogP contribution in [0.25, 0.3) is 0 Å². The zero-order valence-corrected chi connectivity index (χ0v) is 49.9. The van der Waals surface area contributed by atoms with Gasteiger partial charge < -0.3 is 11.1 Å². The molecule has 2 unspecified atom stereocenters. The summed E-state index contributed by atoms with van der Waals surface area (Å²) < 4.78 is 141. The van der Waals surface area contributed by atoms with Crippen molar-refractivity contribution in [1.29, 1.82) is 10.5 Å². The summed E-state index contributed by atoms with van der Waals surface area (Å²) in [5.74, 6) is -3.08. The van der Waals surface area contributed by atoms with E-state index < -0.39 is 96.8 Å². The van der Waals surface area contributed by atoms with E-state index in [1.165, 1.54) is 42.5 Å². The average molecular weight is 1380 g/mol. The number of nitrogen functional groups attached to an aromatic ring is 1. The van der Waals surface area contributed by atoms with Gasteiger partial charge in [0.1, 0.15) is 23.8 Å². The Balaban J connectivity index is 0.000000242. The van der Waals surface area contributed by atoms with Crippen molar-refractivity contribution in [2.75, 3.05) is 11.1 Å². The third-order valence-corrected chi connectivity index (χ3v) is 15.2. The topological polar surface area (TPSA) is 154 Å². The highest BCUT2D eigenvalue weighted by atomic mass is 35.5. The number of nitrogens with zero attached hydrogens (tertiary/aromatic N) is 2. The number of alkyl halides is 8. The highest BCUT2D eigenvalue weighted by Gasteiger charge is 2.60. The van der Waals surface area contributed by atoms with E-state index in [1.54, 1.807) is 0 Å². The predicted molar refractivity (Wildman–Crippen MR) is 315 cm³/mol. The maximum Gasteiger partial charge on any atom is 0.431 e. The number of amides is 1. The molecule has 448 valence electrons. The van der Waals surface area contributed by atoms with Gasteiger partial charge in [0.2, 0.25) is 0 Å². The Morgan fingerprint density at radius 2 is 0.816 bits per heavy atom. The summed E-state index contributed by atoms with van der Waals surface area (Å²) >= 11 is 52.8. The fourth-order valence-corrected chi connectivity index (χ4v) is 10.3. The molecule has 8 nitrogen and oxygen atoms in total. The first kappa shape index (κ1) is 69.0. The summed E-state index contributed by atoms with van der Waals surface area (Å²) in [6, 6.07) is 29.2. The summed E-state index contributed by atoms with van der Waals surface area (Å²) in [5.41, 5.74) is -5.13. The molecular weight excluding hydrogens is 1350 g/mol. The molecule has 0 spiro atoms. The number of carbonyl (C=O) groups is 4.